The van der Waals surface area contributed by atoms with Crippen molar-refractivity contribution in [2.24, 2.45) is 0 Å². The zero-order valence-corrected chi connectivity index (χ0v) is 6.65. The Hall–Kier alpha value is -0.830. The van der Waals surface area contributed by atoms with Crippen molar-refractivity contribution in [3.05, 3.63) is 30.3 Å². The van der Waals surface area contributed by atoms with Crippen molar-refractivity contribution in [3.63, 3.8) is 0 Å². The second-order valence-electron chi connectivity index (χ2n) is 2.06. The Morgan fingerprint density at radius 3 is 1.83 bits per heavy atom. The molecule has 0 saturated carbocycles. The van der Waals surface area contributed by atoms with E-state index in [1.54, 1.807) is 0 Å². The van der Waals surface area contributed by atoms with E-state index in [0.29, 0.717) is 0 Å². The second-order valence-corrected chi connectivity index (χ2v) is 3.56. The molecule has 0 heterocycles. The van der Waals surface area contributed by atoms with Crippen LogP contribution in [0.1, 0.15) is 0 Å². The van der Waals surface area contributed by atoms with E-state index in [-0.39, 0.29) is 0 Å². The monoisotopic (exact) mass is 200 g/mol. The predicted molar refractivity (Wildman–Crippen MR) is 38.4 cm³/mol. The molecule has 0 aliphatic heterocycles. The maximum absolute atomic E-state index is 11.7. The number of para-hydroxylation sites is 1. The number of rotatable bonds is 2. The first-order chi connectivity index (χ1) is 5.33. The summed E-state index contributed by atoms with van der Waals surface area (Å²) in [6.07, 6.45) is 0. The molecule has 0 aliphatic rings. The van der Waals surface area contributed by atoms with Gasteiger partial charge in [0.1, 0.15) is 0 Å². The number of hydrogen-bond donors (Lipinski definition) is 0. The fourth-order valence-electron chi connectivity index (χ4n) is 0.641. The quantitative estimate of drug-likeness (QED) is 0.516. The van der Waals surface area contributed by atoms with Crippen LogP contribution in [0.3, 0.4) is 0 Å². The summed E-state index contributed by atoms with van der Waals surface area (Å²) in [5, 5.41) is 0. The van der Waals surface area contributed by atoms with E-state index in [9.17, 15) is 16.8 Å². The van der Waals surface area contributed by atoms with Crippen LogP contribution in [-0.4, -0.2) is 0 Å². The van der Waals surface area contributed by atoms with Gasteiger partial charge in [0, 0.05) is 0 Å². The third-order valence-corrected chi connectivity index (χ3v) is 1.47. The molecule has 1 aromatic carbocycles. The molecule has 0 aliphatic carbocycles. The third-order valence-electron chi connectivity index (χ3n) is 0.987. The molecule has 0 N–H and O–H groups in total. The average Bonchev–Trinajstić information content (AvgIpc) is 1.83. The van der Waals surface area contributed by atoms with Gasteiger partial charge in [-0.1, -0.05) is 0 Å². The van der Waals surface area contributed by atoms with Gasteiger partial charge in [-0.05, 0) is 0 Å². The van der Waals surface area contributed by atoms with Crippen molar-refractivity contribution >= 4 is 8.07 Å². The van der Waals surface area contributed by atoms with Crippen LogP contribution in [0.4, 0.5) is 16.8 Å². The van der Waals surface area contributed by atoms with Crippen molar-refractivity contribution in [1.29, 1.82) is 0 Å². The number of benzene rings is 1. The van der Waals surface area contributed by atoms with Crippen molar-refractivity contribution in [2.45, 2.75) is 0 Å². The third kappa shape index (κ3) is 3.53. The molecule has 0 radical (unpaired) electrons. The van der Waals surface area contributed by atoms with E-state index in [0.717, 1.165) is 12.1 Å². The van der Waals surface area contributed by atoms with Crippen LogP contribution >= 0.6 is 8.07 Å². The molecule has 0 fully saturated rings. The van der Waals surface area contributed by atoms with Crippen molar-refractivity contribution < 1.29 is 21.3 Å². The first-order valence-corrected chi connectivity index (χ1v) is 4.69. The van der Waals surface area contributed by atoms with E-state index >= 15 is 0 Å². The van der Waals surface area contributed by atoms with Crippen LogP contribution in [0, 0.1) is 0 Å². The summed E-state index contributed by atoms with van der Waals surface area (Å²) >= 11 is 0. The molecular formula is C6H5F4OP. The topological polar surface area (TPSA) is 9.23 Å². The molecule has 1 nitrogen and oxygen atoms in total. The first kappa shape index (κ1) is 9.26. The van der Waals surface area contributed by atoms with Crippen molar-refractivity contribution in [1.82, 2.24) is 0 Å². The van der Waals surface area contributed by atoms with Crippen LogP contribution in [0.5, 0.6) is 5.75 Å². The minimum atomic E-state index is -7.85. The van der Waals surface area contributed by atoms with Crippen LogP contribution in [0.2, 0.25) is 0 Å². The molecule has 0 unspecified atom stereocenters. The standard InChI is InChI=1S/C6H5F4OP/c7-12(8,9,10)11-6-4-2-1-3-5-6/h1-5H. The van der Waals surface area contributed by atoms with Gasteiger partial charge in [-0.3, -0.25) is 0 Å². The zero-order chi connectivity index (χ0) is 9.27. The summed E-state index contributed by atoms with van der Waals surface area (Å²) in [7, 11) is -7.85. The molecule has 0 aromatic heterocycles. The van der Waals surface area contributed by atoms with E-state index < -0.39 is 13.8 Å². The summed E-state index contributed by atoms with van der Waals surface area (Å²) in [5.74, 6) is -0.523. The summed E-state index contributed by atoms with van der Waals surface area (Å²) in [6.45, 7) is 0. The van der Waals surface area contributed by atoms with Gasteiger partial charge in [-0.15, -0.1) is 0 Å². The van der Waals surface area contributed by atoms with Gasteiger partial charge in [0.15, 0.2) is 0 Å². The Morgan fingerprint density at radius 2 is 1.42 bits per heavy atom. The molecule has 0 bridgehead atoms. The molecule has 0 spiro atoms. The van der Waals surface area contributed by atoms with E-state index in [1.165, 1.54) is 18.2 Å². The average molecular weight is 200 g/mol. The van der Waals surface area contributed by atoms with Gasteiger partial charge in [0.05, 0.1) is 0 Å². The van der Waals surface area contributed by atoms with Crippen molar-refractivity contribution in [3.8, 4) is 5.75 Å². The van der Waals surface area contributed by atoms with Crippen LogP contribution < -0.4 is 4.52 Å². The summed E-state index contributed by atoms with van der Waals surface area (Å²) in [6, 6.07) is 6.25. The Kier molecular flexibility index (Phi) is 2.00. The molecular weight excluding hydrogens is 195 g/mol. The summed E-state index contributed by atoms with van der Waals surface area (Å²) in [5.41, 5.74) is 0. The first-order valence-electron chi connectivity index (χ1n) is 2.97. The molecule has 0 amide bonds. The Balaban J connectivity index is 2.79. The normalized spacial score (nSPS) is 14.8. The molecule has 1 aromatic rings. The van der Waals surface area contributed by atoms with E-state index in [1.807, 2.05) is 0 Å². The number of hydrogen-bond acceptors (Lipinski definition) is 1. The molecule has 68 valence electrons. The fraction of sp³-hybridized carbons (Fsp3) is 0. The molecule has 6 heteroatoms. The second kappa shape index (κ2) is 2.59. The van der Waals surface area contributed by atoms with E-state index in [4.69, 9.17) is 0 Å². The van der Waals surface area contributed by atoms with Gasteiger partial charge in [-0.2, -0.15) is 0 Å². The summed E-state index contributed by atoms with van der Waals surface area (Å²) < 4.78 is 49.9. The van der Waals surface area contributed by atoms with Crippen molar-refractivity contribution in [2.75, 3.05) is 0 Å². The predicted octanol–water partition coefficient (Wildman–Crippen LogP) is 4.07. The fourth-order valence-corrected chi connectivity index (χ4v) is 1.08. The zero-order valence-electron chi connectivity index (χ0n) is 5.75. The SMILES string of the molecule is FP(F)(F)(F)Oc1ccccc1. The molecule has 12 heavy (non-hydrogen) atoms. The van der Waals surface area contributed by atoms with Crippen LogP contribution in [0.15, 0.2) is 30.3 Å². The summed E-state index contributed by atoms with van der Waals surface area (Å²) in [4.78, 5) is 0. The van der Waals surface area contributed by atoms with Crippen LogP contribution in [0.25, 0.3) is 0 Å². The molecule has 0 saturated heterocycles. The van der Waals surface area contributed by atoms with Gasteiger partial charge < -0.3 is 0 Å². The van der Waals surface area contributed by atoms with Gasteiger partial charge >= 0.3 is 65.5 Å². The molecule has 0 atom stereocenters. The van der Waals surface area contributed by atoms with Gasteiger partial charge in [-0.25, -0.2) is 0 Å². The Bertz CT molecular complexity index is 259. The van der Waals surface area contributed by atoms with Gasteiger partial charge in [0.2, 0.25) is 0 Å². The Labute approximate surface area is 66.5 Å². The number of halogens is 4. The Morgan fingerprint density at radius 1 is 0.917 bits per heavy atom. The molecule has 1 rings (SSSR count). The maximum atomic E-state index is 11.7. The van der Waals surface area contributed by atoms with Crippen LogP contribution in [-0.2, 0) is 0 Å². The minimum absolute atomic E-state index is 0.523. The van der Waals surface area contributed by atoms with E-state index in [2.05, 4.69) is 4.52 Å². The van der Waals surface area contributed by atoms with Gasteiger partial charge in [0.25, 0.3) is 0 Å².